The van der Waals surface area contributed by atoms with Crippen LogP contribution in [0.25, 0.3) is 12.2 Å². The van der Waals surface area contributed by atoms with Crippen molar-refractivity contribution in [3.8, 4) is 0 Å². The molecule has 2 amide bonds. The second-order valence-corrected chi connectivity index (χ2v) is 10.2. The third-order valence-electron chi connectivity index (χ3n) is 6.18. The van der Waals surface area contributed by atoms with Crippen LogP contribution >= 0.6 is 23.2 Å². The van der Waals surface area contributed by atoms with E-state index < -0.39 is 0 Å². The van der Waals surface area contributed by atoms with Gasteiger partial charge in [0.1, 0.15) is 0 Å². The van der Waals surface area contributed by atoms with Crippen LogP contribution in [-0.2, 0) is 0 Å². The summed E-state index contributed by atoms with van der Waals surface area (Å²) in [5, 5.41) is 10.2. The molecule has 11 heteroatoms. The second kappa shape index (κ2) is 12.8. The van der Waals surface area contributed by atoms with E-state index in [0.29, 0.717) is 44.8 Å². The molecule has 40 heavy (non-hydrogen) atoms. The maximum Gasteiger partial charge on any atom is 0.323 e. The molecule has 1 aliphatic rings. The van der Waals surface area contributed by atoms with Gasteiger partial charge in [0.15, 0.2) is 5.82 Å². The lowest BCUT2D eigenvalue weighted by molar-refractivity contribution is 0.262. The number of rotatable bonds is 7. The number of urea groups is 1. The third-order valence-corrected chi connectivity index (χ3v) is 6.67. The number of carbonyl (C=O) groups is 1. The van der Waals surface area contributed by atoms with Gasteiger partial charge in [0.05, 0.1) is 0 Å². The molecule has 0 atom stereocenters. The number of amides is 2. The molecule has 204 valence electrons. The van der Waals surface area contributed by atoms with E-state index in [-0.39, 0.29) is 6.03 Å². The molecule has 0 radical (unpaired) electrons. The summed E-state index contributed by atoms with van der Waals surface area (Å²) >= 11 is 12.1. The topological polar surface area (TPSA) is 98.3 Å². The van der Waals surface area contributed by atoms with E-state index in [4.69, 9.17) is 33.2 Å². The van der Waals surface area contributed by atoms with E-state index in [9.17, 15) is 4.79 Å². The monoisotopic (exact) mass is 574 g/mol. The summed E-state index contributed by atoms with van der Waals surface area (Å²) in [6, 6.07) is 21.4. The molecule has 0 saturated carbocycles. The largest absolute Gasteiger partial charge is 0.338 e. The van der Waals surface area contributed by atoms with Crippen LogP contribution in [0.1, 0.15) is 11.4 Å². The Labute approximate surface area is 242 Å². The maximum atomic E-state index is 12.5. The van der Waals surface area contributed by atoms with Gasteiger partial charge < -0.3 is 25.8 Å². The second-order valence-electron chi connectivity index (χ2n) is 9.29. The molecule has 3 aromatic carbocycles. The van der Waals surface area contributed by atoms with Crippen LogP contribution in [0.3, 0.4) is 0 Å². The molecule has 1 aromatic heterocycles. The zero-order valence-corrected chi connectivity index (χ0v) is 23.3. The number of halogens is 2. The summed E-state index contributed by atoms with van der Waals surface area (Å²) in [4.78, 5) is 31.0. The smallest absolute Gasteiger partial charge is 0.323 e. The molecule has 2 heterocycles. The molecule has 5 rings (SSSR count). The van der Waals surface area contributed by atoms with Gasteiger partial charge in [-0.05, 0) is 73.3 Å². The van der Waals surface area contributed by atoms with Gasteiger partial charge in [0, 0.05) is 53.3 Å². The highest BCUT2D eigenvalue weighted by molar-refractivity contribution is 6.31. The minimum atomic E-state index is -0.370. The van der Waals surface area contributed by atoms with Gasteiger partial charge in [0.2, 0.25) is 11.9 Å². The van der Waals surface area contributed by atoms with Crippen LogP contribution in [0, 0.1) is 0 Å². The van der Waals surface area contributed by atoms with Crippen molar-refractivity contribution in [2.45, 2.75) is 0 Å². The van der Waals surface area contributed by atoms with E-state index in [1.165, 1.54) is 0 Å². The lowest BCUT2D eigenvalue weighted by Gasteiger charge is -2.32. The lowest BCUT2D eigenvalue weighted by Crippen LogP contribution is -2.45. The van der Waals surface area contributed by atoms with Gasteiger partial charge >= 0.3 is 6.03 Å². The number of aromatic nitrogens is 3. The number of nitrogens with zero attached hydrogens (tertiary/aromatic N) is 5. The molecule has 3 N–H and O–H groups in total. The van der Waals surface area contributed by atoms with Gasteiger partial charge in [-0.1, -0.05) is 47.5 Å². The van der Waals surface area contributed by atoms with E-state index in [1.807, 2.05) is 54.6 Å². The summed E-state index contributed by atoms with van der Waals surface area (Å²) in [6.07, 6.45) is 3.76. The van der Waals surface area contributed by atoms with Gasteiger partial charge in [-0.25, -0.2) is 4.79 Å². The molecule has 0 aliphatic carbocycles. The fourth-order valence-electron chi connectivity index (χ4n) is 4.07. The Morgan fingerprint density at radius 1 is 0.775 bits per heavy atom. The van der Waals surface area contributed by atoms with Gasteiger partial charge in [-0.2, -0.15) is 15.0 Å². The first-order valence-electron chi connectivity index (χ1n) is 12.7. The standard InChI is InChI=1S/C29H28Cl2N8O/c1-38-14-16-39(17-15-38)28-36-26(13-8-20-4-2-5-22(31)18-20)35-27(37-28)32-24-6-3-7-25(19-24)34-29(40)33-23-11-9-21(30)10-12-23/h2-13,18-19H,14-17H2,1H3,(H2,33,34,40)(H,32,35,36,37). The summed E-state index contributed by atoms with van der Waals surface area (Å²) < 4.78 is 0. The Kier molecular flexibility index (Phi) is 8.75. The summed E-state index contributed by atoms with van der Waals surface area (Å²) in [6.45, 7) is 3.49. The van der Waals surface area contributed by atoms with Crippen molar-refractivity contribution in [1.29, 1.82) is 0 Å². The van der Waals surface area contributed by atoms with Crippen LogP contribution in [0.15, 0.2) is 72.8 Å². The summed E-state index contributed by atoms with van der Waals surface area (Å²) in [5.41, 5.74) is 2.89. The Bertz CT molecular complexity index is 1500. The number of benzene rings is 3. The van der Waals surface area contributed by atoms with E-state index in [1.54, 1.807) is 30.3 Å². The predicted molar refractivity (Wildman–Crippen MR) is 164 cm³/mol. The Balaban J connectivity index is 1.34. The van der Waals surface area contributed by atoms with Crippen LogP contribution in [0.5, 0.6) is 0 Å². The van der Waals surface area contributed by atoms with E-state index in [2.05, 4.69) is 37.8 Å². The van der Waals surface area contributed by atoms with Gasteiger partial charge in [-0.3, -0.25) is 0 Å². The fraction of sp³-hybridized carbons (Fsp3) is 0.172. The molecule has 1 aliphatic heterocycles. The molecule has 0 spiro atoms. The number of likely N-dealkylation sites (N-methyl/N-ethyl adjacent to an activating group) is 1. The zero-order chi connectivity index (χ0) is 27.9. The molecular formula is C29H28Cl2N8O. The van der Waals surface area contributed by atoms with Gasteiger partial charge in [-0.15, -0.1) is 0 Å². The molecule has 0 unspecified atom stereocenters. The van der Waals surface area contributed by atoms with Crippen LogP contribution in [-0.4, -0.2) is 59.1 Å². The number of hydrogen-bond acceptors (Lipinski definition) is 7. The maximum absolute atomic E-state index is 12.5. The molecule has 9 nitrogen and oxygen atoms in total. The minimum absolute atomic E-state index is 0.370. The molecule has 0 bridgehead atoms. The normalized spacial score (nSPS) is 13.8. The van der Waals surface area contributed by atoms with Crippen molar-refractivity contribution < 1.29 is 4.79 Å². The van der Waals surface area contributed by atoms with Crippen molar-refractivity contribution in [3.05, 3.63) is 94.2 Å². The number of hydrogen-bond donors (Lipinski definition) is 3. The van der Waals surface area contributed by atoms with Crippen molar-refractivity contribution in [1.82, 2.24) is 19.9 Å². The van der Waals surface area contributed by atoms with Crippen LogP contribution < -0.4 is 20.9 Å². The Morgan fingerprint density at radius 2 is 1.50 bits per heavy atom. The third kappa shape index (κ3) is 7.69. The fourth-order valence-corrected chi connectivity index (χ4v) is 4.40. The molecule has 1 saturated heterocycles. The first-order chi connectivity index (χ1) is 19.4. The zero-order valence-electron chi connectivity index (χ0n) is 21.8. The predicted octanol–water partition coefficient (Wildman–Crippen LogP) is 6.49. The Hall–Kier alpha value is -4.18. The number of carbonyl (C=O) groups excluding carboxylic acids is 1. The van der Waals surface area contributed by atoms with Crippen LogP contribution in [0.4, 0.5) is 33.8 Å². The highest BCUT2D eigenvalue weighted by atomic mass is 35.5. The van der Waals surface area contributed by atoms with Gasteiger partial charge in [0.25, 0.3) is 0 Å². The quantitative estimate of drug-likeness (QED) is 0.232. The first-order valence-corrected chi connectivity index (χ1v) is 13.5. The van der Waals surface area contributed by atoms with Crippen LogP contribution in [0.2, 0.25) is 10.0 Å². The van der Waals surface area contributed by atoms with E-state index >= 15 is 0 Å². The lowest BCUT2D eigenvalue weighted by atomic mass is 10.2. The van der Waals surface area contributed by atoms with Crippen molar-refractivity contribution in [2.24, 2.45) is 0 Å². The molecule has 1 fully saturated rings. The average molecular weight is 576 g/mol. The number of piperazine rings is 1. The Morgan fingerprint density at radius 3 is 2.27 bits per heavy atom. The van der Waals surface area contributed by atoms with Crippen molar-refractivity contribution >= 4 is 70.3 Å². The first kappa shape index (κ1) is 27.4. The highest BCUT2D eigenvalue weighted by Crippen LogP contribution is 2.22. The molecule has 4 aromatic rings. The van der Waals surface area contributed by atoms with Crippen molar-refractivity contribution in [3.63, 3.8) is 0 Å². The number of nitrogens with one attached hydrogen (secondary N) is 3. The summed E-state index contributed by atoms with van der Waals surface area (Å²) in [7, 11) is 2.10. The minimum Gasteiger partial charge on any atom is -0.338 e. The molecular weight excluding hydrogens is 547 g/mol. The number of anilines is 5. The highest BCUT2D eigenvalue weighted by Gasteiger charge is 2.18. The SMILES string of the molecule is CN1CCN(c2nc(C=Cc3cccc(Cl)c3)nc(Nc3cccc(NC(=O)Nc4ccc(Cl)cc4)c3)n2)CC1. The van der Waals surface area contributed by atoms with Crippen molar-refractivity contribution in [2.75, 3.05) is 54.1 Å². The summed E-state index contributed by atoms with van der Waals surface area (Å²) in [5.74, 6) is 1.52. The van der Waals surface area contributed by atoms with E-state index in [0.717, 1.165) is 31.7 Å². The average Bonchev–Trinajstić information content (AvgIpc) is 2.94.